The van der Waals surface area contributed by atoms with Crippen molar-refractivity contribution >= 4 is 24.4 Å². The van der Waals surface area contributed by atoms with Crippen molar-refractivity contribution in [2.45, 2.75) is 25.6 Å². The zero-order valence-corrected chi connectivity index (χ0v) is 17.5. The van der Waals surface area contributed by atoms with Crippen LogP contribution in [0, 0.1) is 6.92 Å². The second-order valence-electron chi connectivity index (χ2n) is 7.02. The Bertz CT molecular complexity index is 800. The Kier molecular flexibility index (Phi) is 9.40. The number of halogens is 4. The molecule has 0 aliphatic carbocycles. The normalized spacial score (nSPS) is 12.7. The predicted molar refractivity (Wildman–Crippen MR) is 113 cm³/mol. The van der Waals surface area contributed by atoms with E-state index >= 15 is 0 Å². The molecule has 0 saturated heterocycles. The molecule has 2 aromatic carbocycles. The van der Waals surface area contributed by atoms with Gasteiger partial charge in [-0.15, -0.1) is 12.4 Å². The molecule has 0 radical (unpaired) electrons. The lowest BCUT2D eigenvalue weighted by Gasteiger charge is -2.21. The first kappa shape index (κ1) is 24.7. The van der Waals surface area contributed by atoms with Crippen LogP contribution in [0.15, 0.2) is 54.6 Å². The monoisotopic (exact) mass is 426 g/mol. The molecular weight excluding hydrogens is 401 g/mol. The Balaban J connectivity index is 0.00000420. The summed E-state index contributed by atoms with van der Waals surface area (Å²) in [6.45, 7) is 2.81. The maximum absolute atomic E-state index is 12.6. The summed E-state index contributed by atoms with van der Waals surface area (Å²) in [6, 6.07) is 12.5. The van der Waals surface area contributed by atoms with E-state index in [1.165, 1.54) is 24.3 Å². The second-order valence-corrected chi connectivity index (χ2v) is 7.02. The van der Waals surface area contributed by atoms with E-state index in [-0.39, 0.29) is 24.4 Å². The Morgan fingerprint density at radius 3 is 2.17 bits per heavy atom. The molecule has 2 rings (SSSR count). The van der Waals surface area contributed by atoms with Gasteiger partial charge in [0, 0.05) is 6.08 Å². The zero-order chi connectivity index (χ0) is 20.7. The lowest BCUT2D eigenvalue weighted by atomic mass is 10.0. The van der Waals surface area contributed by atoms with Gasteiger partial charge in [-0.2, -0.15) is 13.2 Å². The van der Waals surface area contributed by atoms with E-state index in [1.54, 1.807) is 0 Å². The lowest BCUT2D eigenvalue weighted by Crippen LogP contribution is -2.29. The maximum atomic E-state index is 12.6. The summed E-state index contributed by atoms with van der Waals surface area (Å²) < 4.78 is 37.8. The first-order valence-electron chi connectivity index (χ1n) is 9.02. The van der Waals surface area contributed by atoms with Crippen molar-refractivity contribution in [3.8, 4) is 0 Å². The summed E-state index contributed by atoms with van der Waals surface area (Å²) in [4.78, 5) is 14.4. The van der Waals surface area contributed by atoms with Crippen molar-refractivity contribution in [2.24, 2.45) is 0 Å². The number of nitrogens with zero attached hydrogens (tertiary/aromatic N) is 1. The second kappa shape index (κ2) is 11.0. The van der Waals surface area contributed by atoms with Crippen molar-refractivity contribution in [1.29, 1.82) is 0 Å². The first-order chi connectivity index (χ1) is 13.1. The summed E-state index contributed by atoms with van der Waals surface area (Å²) in [6.07, 6.45) is -0.768. The number of rotatable bonds is 7. The van der Waals surface area contributed by atoms with Crippen molar-refractivity contribution in [2.75, 3.05) is 20.6 Å². The molecule has 3 nitrogen and oxygen atoms in total. The molecule has 0 spiro atoms. The largest absolute Gasteiger partial charge is 0.416 e. The van der Waals surface area contributed by atoms with E-state index in [0.717, 1.165) is 36.2 Å². The number of carbonyl (C=O) groups is 1. The lowest BCUT2D eigenvalue weighted by molar-refractivity contribution is -0.137. The van der Waals surface area contributed by atoms with Gasteiger partial charge >= 0.3 is 6.18 Å². The average Bonchev–Trinajstić information content (AvgIpc) is 2.63. The number of nitrogens with one attached hydrogen (secondary N) is 1. The fraction of sp³-hybridized carbons (Fsp3) is 0.318. The van der Waals surface area contributed by atoms with Crippen LogP contribution in [-0.4, -0.2) is 31.4 Å². The molecule has 1 atom stereocenters. The van der Waals surface area contributed by atoms with Gasteiger partial charge in [-0.1, -0.05) is 42.0 Å². The molecule has 1 N–H and O–H groups in total. The molecule has 0 saturated carbocycles. The van der Waals surface area contributed by atoms with Crippen LogP contribution in [0.25, 0.3) is 6.08 Å². The van der Waals surface area contributed by atoms with Gasteiger partial charge in [0.2, 0.25) is 5.91 Å². The van der Waals surface area contributed by atoms with Crippen molar-refractivity contribution in [1.82, 2.24) is 10.2 Å². The van der Waals surface area contributed by atoms with Crippen LogP contribution in [0.3, 0.4) is 0 Å². The fourth-order valence-electron chi connectivity index (χ4n) is 2.68. The molecule has 1 unspecified atom stereocenters. The van der Waals surface area contributed by atoms with Gasteiger partial charge in [0.25, 0.3) is 0 Å². The topological polar surface area (TPSA) is 32.3 Å². The molecule has 0 heterocycles. The van der Waals surface area contributed by atoms with Crippen LogP contribution in [-0.2, 0) is 11.0 Å². The van der Waals surface area contributed by atoms with Gasteiger partial charge in [0.05, 0.1) is 11.6 Å². The highest BCUT2D eigenvalue weighted by Crippen LogP contribution is 2.29. The standard InChI is InChI=1S/C22H25F3N2O.ClH/c1-16-4-9-18(10-5-16)20(14-15-27(2)3)26-21(28)13-8-17-6-11-19(12-7-17)22(23,24)25;/h4-13,20H,14-15H2,1-3H3,(H,26,28);1H. The number of carbonyl (C=O) groups excluding carboxylic acids is 1. The number of amides is 1. The van der Waals surface area contributed by atoms with E-state index in [0.29, 0.717) is 5.56 Å². The van der Waals surface area contributed by atoms with Crippen LogP contribution in [0.5, 0.6) is 0 Å². The predicted octanol–water partition coefficient (Wildman–Crippen LogP) is 5.26. The average molecular weight is 427 g/mol. The molecule has 7 heteroatoms. The smallest absolute Gasteiger partial charge is 0.346 e. The highest BCUT2D eigenvalue weighted by atomic mass is 35.5. The summed E-state index contributed by atoms with van der Waals surface area (Å²) >= 11 is 0. The molecule has 0 aliphatic rings. The van der Waals surface area contributed by atoms with Crippen LogP contribution in [0.4, 0.5) is 13.2 Å². The zero-order valence-electron chi connectivity index (χ0n) is 16.7. The number of hydrogen-bond acceptors (Lipinski definition) is 2. The van der Waals surface area contributed by atoms with Crippen molar-refractivity contribution in [3.63, 3.8) is 0 Å². The van der Waals surface area contributed by atoms with E-state index in [9.17, 15) is 18.0 Å². The van der Waals surface area contributed by atoms with E-state index < -0.39 is 11.7 Å². The molecule has 158 valence electrons. The third-order valence-electron chi connectivity index (χ3n) is 4.33. The molecular formula is C22H26ClF3N2O. The fourth-order valence-corrected chi connectivity index (χ4v) is 2.68. The van der Waals surface area contributed by atoms with Gasteiger partial charge in [-0.25, -0.2) is 0 Å². The maximum Gasteiger partial charge on any atom is 0.416 e. The van der Waals surface area contributed by atoms with Crippen molar-refractivity contribution < 1.29 is 18.0 Å². The molecule has 2 aromatic rings. The Hall–Kier alpha value is -2.31. The molecule has 0 fully saturated rings. The highest BCUT2D eigenvalue weighted by Gasteiger charge is 2.29. The SMILES string of the molecule is Cc1ccc(C(CCN(C)C)NC(=O)C=Cc2ccc(C(F)(F)F)cc2)cc1.Cl. The number of alkyl halides is 3. The van der Waals surface area contributed by atoms with Gasteiger partial charge in [0.1, 0.15) is 0 Å². The molecule has 29 heavy (non-hydrogen) atoms. The van der Waals surface area contributed by atoms with E-state index in [4.69, 9.17) is 0 Å². The number of hydrogen-bond donors (Lipinski definition) is 1. The van der Waals surface area contributed by atoms with E-state index in [2.05, 4.69) is 5.32 Å². The molecule has 0 aliphatic heterocycles. The van der Waals surface area contributed by atoms with Gasteiger partial charge in [-0.3, -0.25) is 4.79 Å². The van der Waals surface area contributed by atoms with E-state index in [1.807, 2.05) is 50.2 Å². The van der Waals surface area contributed by atoms with Gasteiger partial charge < -0.3 is 10.2 Å². The van der Waals surface area contributed by atoms with Gasteiger partial charge in [-0.05, 0) is 63.3 Å². The summed E-state index contributed by atoms with van der Waals surface area (Å²) in [5.74, 6) is -0.288. The minimum atomic E-state index is -4.37. The number of aryl methyl sites for hydroxylation is 1. The minimum absolute atomic E-state index is 0. The summed E-state index contributed by atoms with van der Waals surface area (Å²) in [5, 5.41) is 2.98. The Morgan fingerprint density at radius 1 is 1.07 bits per heavy atom. The Labute approximate surface area is 176 Å². The van der Waals surface area contributed by atoms with Crippen LogP contribution < -0.4 is 5.32 Å². The van der Waals surface area contributed by atoms with Crippen LogP contribution in [0.1, 0.15) is 34.7 Å². The highest BCUT2D eigenvalue weighted by molar-refractivity contribution is 5.92. The Morgan fingerprint density at radius 2 is 1.66 bits per heavy atom. The first-order valence-corrected chi connectivity index (χ1v) is 9.02. The summed E-state index contributed by atoms with van der Waals surface area (Å²) in [7, 11) is 3.94. The van der Waals surface area contributed by atoms with Crippen LogP contribution in [0.2, 0.25) is 0 Å². The summed E-state index contributed by atoms with van der Waals surface area (Å²) in [5.41, 5.74) is 1.98. The number of benzene rings is 2. The van der Waals surface area contributed by atoms with Crippen molar-refractivity contribution in [3.05, 3.63) is 76.9 Å². The third-order valence-corrected chi connectivity index (χ3v) is 4.33. The molecule has 1 amide bonds. The molecule has 0 aromatic heterocycles. The minimum Gasteiger partial charge on any atom is -0.346 e. The quantitative estimate of drug-likeness (QED) is 0.612. The molecule has 0 bridgehead atoms. The third kappa shape index (κ3) is 8.30. The van der Waals surface area contributed by atoms with Crippen LogP contribution >= 0.6 is 12.4 Å². The van der Waals surface area contributed by atoms with Gasteiger partial charge in [0.15, 0.2) is 0 Å².